The molecule has 0 amide bonds. The fourth-order valence-corrected chi connectivity index (χ4v) is 19.2. The summed E-state index contributed by atoms with van der Waals surface area (Å²) < 4.78 is 13.5. The van der Waals surface area contributed by atoms with Gasteiger partial charge in [0.15, 0.2) is 34.9 Å². The smallest absolute Gasteiger partial charge is 0.164 e. The van der Waals surface area contributed by atoms with E-state index in [0.29, 0.717) is 34.9 Å². The van der Waals surface area contributed by atoms with Crippen molar-refractivity contribution in [1.82, 2.24) is 39.9 Å². The van der Waals surface area contributed by atoms with Crippen molar-refractivity contribution < 1.29 is 8.83 Å². The van der Waals surface area contributed by atoms with E-state index in [1.165, 1.54) is 33.4 Å². The highest BCUT2D eigenvalue weighted by Gasteiger charge is 2.36. The van der Waals surface area contributed by atoms with Gasteiger partial charge in [-0.2, -0.15) is 0 Å². The van der Waals surface area contributed by atoms with E-state index < -0.39 is 0 Å². The molecule has 0 fully saturated rings. The highest BCUT2D eigenvalue weighted by atomic mass is 16.3. The van der Waals surface area contributed by atoms with Gasteiger partial charge in [-0.25, -0.2) is 39.9 Å². The van der Waals surface area contributed by atoms with Crippen LogP contribution < -0.4 is 0 Å². The molecule has 10 nitrogen and oxygen atoms in total. The molecule has 25 rings (SSSR count). The van der Waals surface area contributed by atoms with Crippen LogP contribution >= 0.6 is 0 Å². The van der Waals surface area contributed by atoms with Crippen LogP contribution in [0.5, 0.6) is 0 Å². The van der Waals surface area contributed by atoms with E-state index in [1.807, 2.05) is 84.9 Å². The zero-order chi connectivity index (χ0) is 85.6. The van der Waals surface area contributed by atoms with E-state index in [-0.39, 0.29) is 5.41 Å². The van der Waals surface area contributed by atoms with Gasteiger partial charge in [-0.1, -0.05) is 384 Å². The molecule has 10 heteroatoms. The minimum Gasteiger partial charge on any atom is -0.456 e. The molecule has 6 aromatic heterocycles. The number of rotatable bonds is 13. The largest absolute Gasteiger partial charge is 0.456 e. The molecule has 18 aromatic carbocycles. The van der Waals surface area contributed by atoms with Gasteiger partial charge in [0.25, 0.3) is 0 Å². The molecule has 0 aliphatic heterocycles. The summed E-state index contributed by atoms with van der Waals surface area (Å²) in [6.07, 6.45) is 0. The molecular weight excluding hydrogens is 1570 g/mol. The predicted molar refractivity (Wildman–Crippen MR) is 528 cm³/mol. The Morgan fingerprint density at radius 3 is 0.884 bits per heavy atom. The second kappa shape index (κ2) is 31.3. The molecule has 0 saturated carbocycles. The summed E-state index contributed by atoms with van der Waals surface area (Å²) in [6.45, 7) is 4.61. The summed E-state index contributed by atoms with van der Waals surface area (Å²) in [7, 11) is 0. The highest BCUT2D eigenvalue weighted by Crippen LogP contribution is 2.53. The molecule has 0 unspecified atom stereocenters. The quantitative estimate of drug-likeness (QED) is 0.103. The van der Waals surface area contributed by atoms with E-state index in [2.05, 4.69) is 354 Å². The molecular formula is C119H76N8O2. The van der Waals surface area contributed by atoms with Gasteiger partial charge in [0, 0.05) is 115 Å². The Hall–Kier alpha value is -17.1. The van der Waals surface area contributed by atoms with Crippen molar-refractivity contribution in [2.24, 2.45) is 0 Å². The molecule has 0 bridgehead atoms. The molecule has 0 spiro atoms. The molecule has 1 aliphatic carbocycles. The lowest BCUT2D eigenvalue weighted by Gasteiger charge is -2.21. The highest BCUT2D eigenvalue weighted by molar-refractivity contribution is 6.30. The molecule has 24 aromatic rings. The number of furan rings is 2. The molecule has 6 heterocycles. The monoisotopic (exact) mass is 1650 g/mol. The van der Waals surface area contributed by atoms with Crippen molar-refractivity contribution in [2.45, 2.75) is 19.3 Å². The van der Waals surface area contributed by atoms with E-state index >= 15 is 0 Å². The van der Waals surface area contributed by atoms with Gasteiger partial charge < -0.3 is 8.83 Å². The molecule has 0 saturated heterocycles. The van der Waals surface area contributed by atoms with Crippen molar-refractivity contribution in [3.63, 3.8) is 0 Å². The average molecular weight is 1650 g/mol. The fraction of sp³-hybridized carbons (Fsp3) is 0.0252. The van der Waals surface area contributed by atoms with Crippen molar-refractivity contribution in [3.8, 4) is 158 Å². The first kappa shape index (κ1) is 75.6. The summed E-state index contributed by atoms with van der Waals surface area (Å²) in [6, 6.07) is 148. The van der Waals surface area contributed by atoms with Crippen LogP contribution in [-0.2, 0) is 5.41 Å². The third-order valence-corrected chi connectivity index (χ3v) is 25.4. The Morgan fingerprint density at radius 2 is 0.465 bits per heavy atom. The Kier molecular flexibility index (Phi) is 18.4. The van der Waals surface area contributed by atoms with Crippen LogP contribution in [0.15, 0.2) is 433 Å². The number of benzene rings is 18. The summed E-state index contributed by atoms with van der Waals surface area (Å²) in [5.74, 6) is 3.67. The number of fused-ring (bicyclic) bond motifs is 15. The maximum absolute atomic E-state index is 6.75. The second-order valence-electron chi connectivity index (χ2n) is 33.5. The first-order chi connectivity index (χ1) is 63.7. The van der Waals surface area contributed by atoms with E-state index in [9.17, 15) is 0 Å². The SMILES string of the molecule is CC1(C)c2ccccc2-c2ccc(-c3nc(-c4ccccc4)nc(-c4cccc(-c5c6c(cc7c(-c8ccc(-c9ccccc9)cc8)nc8ccccc8c57)oc5ccccc56)c4)n3)cc21.c1ccc(-c2ccc(-c3nc(-c4ccccc4)nc(-c4cccc(-c5c6c(cc7c(-c8ccc(-c9ccccc9)cc8)nc8ccccc8c57)oc5ccccc56)c4)n3)cc2)cc1. The maximum Gasteiger partial charge on any atom is 0.164 e. The van der Waals surface area contributed by atoms with Crippen LogP contribution in [-0.4, -0.2) is 39.9 Å². The van der Waals surface area contributed by atoms with Gasteiger partial charge in [0.2, 0.25) is 0 Å². The molecule has 604 valence electrons. The Morgan fingerprint density at radius 1 is 0.178 bits per heavy atom. The number of nitrogens with zero attached hydrogens (tertiary/aromatic N) is 8. The van der Waals surface area contributed by atoms with Gasteiger partial charge in [0.1, 0.15) is 22.3 Å². The van der Waals surface area contributed by atoms with Crippen LogP contribution in [0.4, 0.5) is 0 Å². The number of hydrogen-bond acceptors (Lipinski definition) is 10. The van der Waals surface area contributed by atoms with Gasteiger partial charge in [0.05, 0.1) is 22.4 Å². The lowest BCUT2D eigenvalue weighted by molar-refractivity contribution is 0.660. The Bertz CT molecular complexity index is 8540. The van der Waals surface area contributed by atoms with E-state index in [1.54, 1.807) is 0 Å². The third kappa shape index (κ3) is 13.4. The zero-order valence-electron chi connectivity index (χ0n) is 70.3. The standard InChI is InChI=1S/C61H40N4O.C58H36N4O/c1-61(2)49-25-12-9-22-44(49)45-33-32-43(35-50(45)61)60-64-58(40-18-7-4-8-19-40)63-59(65-60)42-21-15-20-41(34-42)54-55-46-23-10-13-26-51(46)62-57(39-30-28-38(29-31-39)37-16-5-3-6-17-37)48(55)36-53-56(54)47-24-11-14-27-52(47)66-53;1-4-15-37(16-5-1)39-27-31-41(32-28-39)55-48-36-51-54(47-24-11-13-26-50(47)63-51)52(53(48)46-23-10-12-25-49(46)59-55)44-21-14-22-45(35-44)58-61-56(42-19-8-3-9-20-42)60-57(62-58)43-33-29-40(30-34-43)38-17-6-2-7-18-38/h3-36H,1-2H3;1-36H. The van der Waals surface area contributed by atoms with Crippen LogP contribution in [0.2, 0.25) is 0 Å². The van der Waals surface area contributed by atoms with Gasteiger partial charge in [-0.3, -0.25) is 0 Å². The average Bonchev–Trinajstić information content (AvgIpc) is 1.64. The summed E-state index contributed by atoms with van der Waals surface area (Å²) >= 11 is 0. The molecule has 0 atom stereocenters. The van der Waals surface area contributed by atoms with Gasteiger partial charge in [-0.15, -0.1) is 0 Å². The number of pyridine rings is 2. The topological polar surface area (TPSA) is 129 Å². The first-order valence-electron chi connectivity index (χ1n) is 43.6. The van der Waals surface area contributed by atoms with Crippen molar-refractivity contribution in [1.29, 1.82) is 0 Å². The second-order valence-corrected chi connectivity index (χ2v) is 33.5. The summed E-state index contributed by atoms with van der Waals surface area (Å²) in [5.41, 5.74) is 30.6. The minimum atomic E-state index is -0.166. The summed E-state index contributed by atoms with van der Waals surface area (Å²) in [5, 5.41) is 10.6. The molecule has 129 heavy (non-hydrogen) atoms. The molecule has 0 radical (unpaired) electrons. The molecule has 0 N–H and O–H groups in total. The number of aromatic nitrogens is 8. The van der Waals surface area contributed by atoms with Crippen molar-refractivity contribution >= 4 is 87.2 Å². The Balaban J connectivity index is 0.000000143. The van der Waals surface area contributed by atoms with Gasteiger partial charge >= 0.3 is 0 Å². The normalized spacial score (nSPS) is 12.2. The Labute approximate surface area is 743 Å². The van der Waals surface area contributed by atoms with E-state index in [4.69, 9.17) is 48.7 Å². The molecule has 1 aliphatic rings. The summed E-state index contributed by atoms with van der Waals surface area (Å²) in [4.78, 5) is 41.8. The minimum absolute atomic E-state index is 0.166. The first-order valence-corrected chi connectivity index (χ1v) is 43.6. The predicted octanol–water partition coefficient (Wildman–Crippen LogP) is 30.9. The van der Waals surface area contributed by atoms with Crippen LogP contribution in [0.25, 0.3) is 245 Å². The van der Waals surface area contributed by atoms with Crippen LogP contribution in [0.1, 0.15) is 25.0 Å². The maximum atomic E-state index is 6.75. The van der Waals surface area contributed by atoms with Crippen molar-refractivity contribution in [3.05, 3.63) is 436 Å². The zero-order valence-corrected chi connectivity index (χ0v) is 70.3. The lowest BCUT2D eigenvalue weighted by atomic mass is 9.82. The van der Waals surface area contributed by atoms with Crippen LogP contribution in [0.3, 0.4) is 0 Å². The fourth-order valence-electron chi connectivity index (χ4n) is 19.2. The number of hydrogen-bond donors (Lipinski definition) is 0. The van der Waals surface area contributed by atoms with Crippen LogP contribution in [0, 0.1) is 0 Å². The van der Waals surface area contributed by atoms with Gasteiger partial charge in [-0.05, 0) is 121 Å². The number of para-hydroxylation sites is 4. The lowest BCUT2D eigenvalue weighted by Crippen LogP contribution is -2.15. The van der Waals surface area contributed by atoms with E-state index in [0.717, 1.165) is 188 Å². The third-order valence-electron chi connectivity index (χ3n) is 25.4. The van der Waals surface area contributed by atoms with Crippen molar-refractivity contribution in [2.75, 3.05) is 0 Å².